The second-order valence-corrected chi connectivity index (χ2v) is 5.78. The molecule has 1 aromatic heterocycles. The Morgan fingerprint density at radius 1 is 1.52 bits per heavy atom. The summed E-state index contributed by atoms with van der Waals surface area (Å²) >= 11 is 0. The maximum atomic E-state index is 12.4. The van der Waals surface area contributed by atoms with Crippen molar-refractivity contribution < 1.29 is 14.4 Å². The first kappa shape index (κ1) is 15.5. The summed E-state index contributed by atoms with van der Waals surface area (Å²) in [6, 6.07) is 7.19. The Kier molecular flexibility index (Phi) is 4.57. The largest absolute Gasteiger partial charge is 0.396 e. The average molecular weight is 316 g/mol. The van der Waals surface area contributed by atoms with Crippen LogP contribution in [0.2, 0.25) is 0 Å². The minimum Gasteiger partial charge on any atom is -0.396 e. The number of benzene rings is 1. The van der Waals surface area contributed by atoms with E-state index in [-0.39, 0.29) is 18.6 Å². The Morgan fingerprint density at radius 2 is 2.39 bits per heavy atom. The zero-order valence-electron chi connectivity index (χ0n) is 13.0. The van der Waals surface area contributed by atoms with Gasteiger partial charge in [-0.15, -0.1) is 0 Å². The molecule has 23 heavy (non-hydrogen) atoms. The number of carbonyl (C=O) groups excluding carboxylic acids is 1. The molecular weight excluding hydrogens is 296 g/mol. The number of aryl methyl sites for hydroxylation is 1. The quantitative estimate of drug-likeness (QED) is 0.906. The zero-order chi connectivity index (χ0) is 16.2. The molecule has 7 heteroatoms. The summed E-state index contributed by atoms with van der Waals surface area (Å²) in [6.45, 7) is 3.16. The van der Waals surface area contributed by atoms with Gasteiger partial charge in [0.1, 0.15) is 0 Å². The van der Waals surface area contributed by atoms with E-state index in [2.05, 4.69) is 15.5 Å². The van der Waals surface area contributed by atoms with Crippen molar-refractivity contribution in [1.29, 1.82) is 0 Å². The summed E-state index contributed by atoms with van der Waals surface area (Å²) < 4.78 is 4.98. The van der Waals surface area contributed by atoms with Crippen LogP contribution in [-0.2, 0) is 0 Å². The molecule has 1 aliphatic heterocycles. The number of urea groups is 1. The highest BCUT2D eigenvalue weighted by Gasteiger charge is 2.23. The number of nitrogens with zero attached hydrogens (tertiary/aromatic N) is 3. The molecule has 1 fully saturated rings. The molecule has 1 saturated heterocycles. The lowest BCUT2D eigenvalue weighted by atomic mass is 9.99. The molecule has 2 heterocycles. The van der Waals surface area contributed by atoms with E-state index in [1.54, 1.807) is 11.8 Å². The molecule has 0 saturated carbocycles. The lowest BCUT2D eigenvalue weighted by molar-refractivity contribution is 0.136. The smallest absolute Gasteiger partial charge is 0.321 e. The first-order valence-electron chi connectivity index (χ1n) is 7.73. The summed E-state index contributed by atoms with van der Waals surface area (Å²) in [7, 11) is 0. The van der Waals surface area contributed by atoms with Crippen molar-refractivity contribution in [3.8, 4) is 11.4 Å². The van der Waals surface area contributed by atoms with Gasteiger partial charge in [-0.1, -0.05) is 17.3 Å². The van der Waals surface area contributed by atoms with Crippen LogP contribution >= 0.6 is 0 Å². The third-order valence-electron chi connectivity index (χ3n) is 3.96. The lowest BCUT2D eigenvalue weighted by Gasteiger charge is -2.31. The molecule has 2 aromatic rings. The number of amides is 2. The summed E-state index contributed by atoms with van der Waals surface area (Å²) in [4.78, 5) is 18.3. The van der Waals surface area contributed by atoms with Gasteiger partial charge in [-0.2, -0.15) is 4.98 Å². The van der Waals surface area contributed by atoms with E-state index in [1.165, 1.54) is 0 Å². The van der Waals surface area contributed by atoms with Crippen LogP contribution in [0.5, 0.6) is 0 Å². The molecule has 1 aromatic carbocycles. The van der Waals surface area contributed by atoms with Crippen LogP contribution in [0.3, 0.4) is 0 Å². The van der Waals surface area contributed by atoms with Crippen molar-refractivity contribution in [1.82, 2.24) is 15.0 Å². The molecule has 0 bridgehead atoms. The van der Waals surface area contributed by atoms with Gasteiger partial charge >= 0.3 is 6.03 Å². The van der Waals surface area contributed by atoms with Crippen LogP contribution in [0.1, 0.15) is 18.7 Å². The van der Waals surface area contributed by atoms with Crippen molar-refractivity contribution >= 4 is 11.7 Å². The molecule has 0 aliphatic carbocycles. The van der Waals surface area contributed by atoms with E-state index >= 15 is 0 Å². The number of piperidine rings is 1. The molecule has 2 amide bonds. The van der Waals surface area contributed by atoms with E-state index < -0.39 is 0 Å². The van der Waals surface area contributed by atoms with Crippen LogP contribution in [-0.4, -0.2) is 45.9 Å². The van der Waals surface area contributed by atoms with Gasteiger partial charge in [0.05, 0.1) is 0 Å². The summed E-state index contributed by atoms with van der Waals surface area (Å²) in [5.74, 6) is 1.16. The number of rotatable bonds is 3. The first-order chi connectivity index (χ1) is 11.2. The van der Waals surface area contributed by atoms with E-state index in [4.69, 9.17) is 4.52 Å². The standard InChI is InChI=1S/C16H20N4O3/c1-11-17-15(19-23-11)13-5-2-6-14(8-13)18-16(22)20-7-3-4-12(9-20)10-21/h2,5-6,8,12,21H,3-4,7,9-10H2,1H3,(H,18,22). The number of anilines is 1. The van der Waals surface area contributed by atoms with Crippen LogP contribution in [0.4, 0.5) is 10.5 Å². The number of carbonyl (C=O) groups is 1. The highest BCUT2D eigenvalue weighted by Crippen LogP contribution is 2.21. The second-order valence-electron chi connectivity index (χ2n) is 5.78. The monoisotopic (exact) mass is 316 g/mol. The third-order valence-corrected chi connectivity index (χ3v) is 3.96. The fraction of sp³-hybridized carbons (Fsp3) is 0.438. The van der Waals surface area contributed by atoms with E-state index in [1.807, 2.05) is 24.3 Å². The third kappa shape index (κ3) is 3.68. The van der Waals surface area contributed by atoms with Crippen molar-refractivity contribution in [3.63, 3.8) is 0 Å². The Labute approximate surface area is 134 Å². The molecule has 1 aliphatic rings. The molecule has 2 N–H and O–H groups in total. The fourth-order valence-electron chi connectivity index (χ4n) is 2.75. The van der Waals surface area contributed by atoms with Crippen molar-refractivity contribution in [2.75, 3.05) is 25.0 Å². The normalized spacial score (nSPS) is 18.0. The molecule has 1 atom stereocenters. The number of aliphatic hydroxyl groups is 1. The molecular formula is C16H20N4O3. The van der Waals surface area contributed by atoms with Gasteiger partial charge < -0.3 is 19.8 Å². The number of hydrogen-bond acceptors (Lipinski definition) is 5. The van der Waals surface area contributed by atoms with Gasteiger partial charge in [0.15, 0.2) is 0 Å². The van der Waals surface area contributed by atoms with Gasteiger partial charge in [-0.25, -0.2) is 4.79 Å². The highest BCUT2D eigenvalue weighted by atomic mass is 16.5. The molecule has 122 valence electrons. The predicted molar refractivity (Wildman–Crippen MR) is 84.9 cm³/mol. The summed E-state index contributed by atoms with van der Waals surface area (Å²) in [5.41, 5.74) is 1.47. The van der Waals surface area contributed by atoms with Crippen LogP contribution in [0.25, 0.3) is 11.4 Å². The molecule has 7 nitrogen and oxygen atoms in total. The SMILES string of the molecule is Cc1nc(-c2cccc(NC(=O)N3CCCC(CO)C3)c2)no1. The van der Waals surface area contributed by atoms with Gasteiger partial charge in [-0.3, -0.25) is 0 Å². The minimum atomic E-state index is -0.149. The zero-order valence-corrected chi connectivity index (χ0v) is 13.0. The van der Waals surface area contributed by atoms with E-state index in [0.717, 1.165) is 18.4 Å². The first-order valence-corrected chi connectivity index (χ1v) is 7.73. The Hall–Kier alpha value is -2.41. The van der Waals surface area contributed by atoms with E-state index in [0.29, 0.717) is 30.5 Å². The molecule has 0 radical (unpaired) electrons. The second kappa shape index (κ2) is 6.78. The number of hydrogen-bond donors (Lipinski definition) is 2. The molecule has 1 unspecified atom stereocenters. The topological polar surface area (TPSA) is 91.5 Å². The summed E-state index contributed by atoms with van der Waals surface area (Å²) in [5, 5.41) is 16.0. The van der Waals surface area contributed by atoms with Crippen LogP contribution in [0, 0.1) is 12.8 Å². The average Bonchev–Trinajstić information content (AvgIpc) is 3.02. The van der Waals surface area contributed by atoms with Gasteiger partial charge in [0.25, 0.3) is 0 Å². The molecule has 0 spiro atoms. The Balaban J connectivity index is 1.69. The van der Waals surface area contributed by atoms with E-state index in [9.17, 15) is 9.90 Å². The Bertz CT molecular complexity index is 685. The molecule has 3 rings (SSSR count). The number of likely N-dealkylation sites (tertiary alicyclic amines) is 1. The van der Waals surface area contributed by atoms with Gasteiger partial charge in [0.2, 0.25) is 11.7 Å². The predicted octanol–water partition coefficient (Wildman–Crippen LogP) is 2.28. The van der Waals surface area contributed by atoms with Gasteiger partial charge in [-0.05, 0) is 30.9 Å². The fourth-order valence-corrected chi connectivity index (χ4v) is 2.75. The van der Waals surface area contributed by atoms with Crippen molar-refractivity contribution in [3.05, 3.63) is 30.2 Å². The summed E-state index contributed by atoms with van der Waals surface area (Å²) in [6.07, 6.45) is 1.88. The maximum absolute atomic E-state index is 12.4. The highest BCUT2D eigenvalue weighted by molar-refractivity contribution is 5.90. The van der Waals surface area contributed by atoms with Crippen molar-refractivity contribution in [2.45, 2.75) is 19.8 Å². The van der Waals surface area contributed by atoms with Gasteiger partial charge in [0, 0.05) is 37.9 Å². The Morgan fingerprint density at radius 3 is 3.13 bits per heavy atom. The number of aliphatic hydroxyl groups excluding tert-OH is 1. The number of aromatic nitrogens is 2. The maximum Gasteiger partial charge on any atom is 0.321 e. The van der Waals surface area contributed by atoms with Crippen LogP contribution in [0.15, 0.2) is 28.8 Å². The minimum absolute atomic E-state index is 0.121. The number of nitrogens with one attached hydrogen (secondary N) is 1. The lowest BCUT2D eigenvalue weighted by Crippen LogP contribution is -2.43. The van der Waals surface area contributed by atoms with Crippen LogP contribution < -0.4 is 5.32 Å². The van der Waals surface area contributed by atoms with Crippen molar-refractivity contribution in [2.24, 2.45) is 5.92 Å².